The van der Waals surface area contributed by atoms with Crippen molar-refractivity contribution in [2.45, 2.75) is 155 Å². The molecule has 0 aliphatic carbocycles. The van der Waals surface area contributed by atoms with Crippen molar-refractivity contribution in [2.75, 3.05) is 19.8 Å². The first kappa shape index (κ1) is 43.6. The van der Waals surface area contributed by atoms with Gasteiger partial charge < -0.3 is 14.6 Å². The van der Waals surface area contributed by atoms with E-state index in [0.717, 1.165) is 83.5 Å². The molecular formula is C42H70O4. The third kappa shape index (κ3) is 36.0. The Balaban J connectivity index is 3.59. The van der Waals surface area contributed by atoms with E-state index in [4.69, 9.17) is 9.47 Å². The van der Waals surface area contributed by atoms with E-state index in [1.54, 1.807) is 0 Å². The normalized spacial score (nSPS) is 13.4. The van der Waals surface area contributed by atoms with E-state index in [1.807, 2.05) is 0 Å². The fourth-order valence-corrected chi connectivity index (χ4v) is 4.68. The van der Waals surface area contributed by atoms with Crippen molar-refractivity contribution in [3.05, 3.63) is 85.1 Å². The molecule has 0 spiro atoms. The van der Waals surface area contributed by atoms with Gasteiger partial charge in [0.1, 0.15) is 6.10 Å². The molecule has 4 nitrogen and oxygen atoms in total. The zero-order chi connectivity index (χ0) is 33.4. The van der Waals surface area contributed by atoms with Gasteiger partial charge in [-0.25, -0.2) is 0 Å². The number of rotatable bonds is 33. The van der Waals surface area contributed by atoms with E-state index in [9.17, 15) is 9.90 Å². The molecular weight excluding hydrogens is 568 g/mol. The van der Waals surface area contributed by atoms with Crippen molar-refractivity contribution >= 4 is 5.97 Å². The van der Waals surface area contributed by atoms with Crippen molar-refractivity contribution in [2.24, 2.45) is 0 Å². The molecule has 1 N–H and O–H groups in total. The van der Waals surface area contributed by atoms with Gasteiger partial charge in [0.2, 0.25) is 0 Å². The van der Waals surface area contributed by atoms with Crippen LogP contribution in [0, 0.1) is 0 Å². The van der Waals surface area contributed by atoms with Gasteiger partial charge in [-0.15, -0.1) is 0 Å². The maximum atomic E-state index is 12.1. The molecule has 1 atom stereocenters. The summed E-state index contributed by atoms with van der Waals surface area (Å²) in [4.78, 5) is 12.1. The maximum Gasteiger partial charge on any atom is 0.306 e. The lowest BCUT2D eigenvalue weighted by atomic mass is 10.1. The van der Waals surface area contributed by atoms with Gasteiger partial charge in [0, 0.05) is 13.0 Å². The maximum absolute atomic E-state index is 12.1. The highest BCUT2D eigenvalue weighted by molar-refractivity contribution is 5.69. The Hall–Kier alpha value is -2.43. The predicted molar refractivity (Wildman–Crippen MR) is 200 cm³/mol. The van der Waals surface area contributed by atoms with Crippen LogP contribution in [0.4, 0.5) is 0 Å². The molecule has 0 aliphatic rings. The number of carbonyl (C=O) groups is 1. The minimum absolute atomic E-state index is 0.190. The third-order valence-electron chi connectivity index (χ3n) is 7.44. The Bertz CT molecular complexity index is 846. The lowest BCUT2D eigenvalue weighted by Crippen LogP contribution is -2.27. The van der Waals surface area contributed by atoms with Crippen LogP contribution in [-0.2, 0) is 14.3 Å². The number of allylic oxidation sites excluding steroid dienone is 14. The number of aliphatic hydroxyl groups excluding tert-OH is 1. The third-order valence-corrected chi connectivity index (χ3v) is 7.44. The van der Waals surface area contributed by atoms with E-state index in [1.165, 1.54) is 44.9 Å². The number of ether oxygens (including phenoxy) is 2. The lowest BCUT2D eigenvalue weighted by Gasteiger charge is -2.15. The van der Waals surface area contributed by atoms with Gasteiger partial charge in [-0.3, -0.25) is 4.79 Å². The fraction of sp³-hybridized carbons (Fsp3) is 0.643. The van der Waals surface area contributed by atoms with Crippen LogP contribution in [0.2, 0.25) is 0 Å². The van der Waals surface area contributed by atoms with Gasteiger partial charge >= 0.3 is 5.97 Å². The van der Waals surface area contributed by atoms with Gasteiger partial charge in [-0.05, 0) is 83.5 Å². The molecule has 0 aliphatic heterocycles. The highest BCUT2D eigenvalue weighted by Crippen LogP contribution is 2.10. The average Bonchev–Trinajstić information content (AvgIpc) is 3.06. The van der Waals surface area contributed by atoms with Crippen molar-refractivity contribution in [3.63, 3.8) is 0 Å². The zero-order valence-corrected chi connectivity index (χ0v) is 29.8. The molecule has 0 amide bonds. The second kappa shape index (κ2) is 38.8. The molecule has 0 aromatic heterocycles. The molecule has 0 saturated heterocycles. The van der Waals surface area contributed by atoms with Gasteiger partial charge in [-0.2, -0.15) is 0 Å². The van der Waals surface area contributed by atoms with Gasteiger partial charge in [0.25, 0.3) is 0 Å². The summed E-state index contributed by atoms with van der Waals surface area (Å²) in [5.41, 5.74) is 0. The zero-order valence-electron chi connectivity index (χ0n) is 29.8. The summed E-state index contributed by atoms with van der Waals surface area (Å²) in [6.07, 6.45) is 53.4. The van der Waals surface area contributed by atoms with E-state index < -0.39 is 6.10 Å². The van der Waals surface area contributed by atoms with Gasteiger partial charge in [0.05, 0.1) is 13.2 Å². The van der Waals surface area contributed by atoms with Crippen LogP contribution in [-0.4, -0.2) is 37.0 Å². The summed E-state index contributed by atoms with van der Waals surface area (Å²) in [6, 6.07) is 0. The van der Waals surface area contributed by atoms with Crippen LogP contribution in [0.1, 0.15) is 149 Å². The summed E-state index contributed by atoms with van der Waals surface area (Å²) >= 11 is 0. The lowest BCUT2D eigenvalue weighted by molar-refractivity contribution is -0.154. The molecule has 0 aromatic rings. The summed E-state index contributed by atoms with van der Waals surface area (Å²) in [5, 5.41) is 9.54. The first-order valence-corrected chi connectivity index (χ1v) is 18.7. The van der Waals surface area contributed by atoms with Crippen molar-refractivity contribution in [3.8, 4) is 0 Å². The Labute approximate surface area is 284 Å². The molecule has 0 aromatic carbocycles. The minimum Gasteiger partial charge on any atom is -0.457 e. The Morgan fingerprint density at radius 2 is 0.978 bits per heavy atom. The SMILES string of the molecule is CC/C=C\C/C=C\C/C=C\C/C=C\C/C=C\C/C=C\CCCCCCC(=O)OC(CO)COCCCCCCCC/C=C\CCC. The van der Waals surface area contributed by atoms with Crippen LogP contribution in [0.3, 0.4) is 0 Å². The number of unbranched alkanes of at least 4 members (excludes halogenated alkanes) is 11. The topological polar surface area (TPSA) is 55.8 Å². The van der Waals surface area contributed by atoms with E-state index in [-0.39, 0.29) is 19.2 Å². The van der Waals surface area contributed by atoms with Crippen molar-refractivity contribution < 1.29 is 19.4 Å². The highest BCUT2D eigenvalue weighted by Gasteiger charge is 2.13. The van der Waals surface area contributed by atoms with Crippen molar-refractivity contribution in [1.82, 2.24) is 0 Å². The van der Waals surface area contributed by atoms with Crippen LogP contribution in [0.15, 0.2) is 85.1 Å². The molecule has 0 radical (unpaired) electrons. The van der Waals surface area contributed by atoms with Gasteiger partial charge in [0.15, 0.2) is 0 Å². The molecule has 0 saturated carbocycles. The second-order valence-corrected chi connectivity index (χ2v) is 11.9. The molecule has 0 heterocycles. The summed E-state index contributed by atoms with van der Waals surface area (Å²) < 4.78 is 11.1. The van der Waals surface area contributed by atoms with Crippen LogP contribution in [0.25, 0.3) is 0 Å². The van der Waals surface area contributed by atoms with Crippen molar-refractivity contribution in [1.29, 1.82) is 0 Å². The standard InChI is InChI=1S/C42H70O4/c1-3-5-7-9-11-13-15-16-17-18-19-20-21-22-23-24-25-26-27-29-31-33-35-37-42(44)46-41(39-43)40-45-38-36-34-32-30-28-14-12-10-8-6-4-2/h5,7-8,10-11,13,16-17,19-20,22-23,25-26,41,43H,3-4,6,9,12,14-15,18,21,24,27-40H2,1-2H3/b7-5-,10-8-,13-11-,17-16-,20-19-,23-22-,26-25-. The number of hydrogen-bond donors (Lipinski definition) is 1. The first-order chi connectivity index (χ1) is 22.7. The smallest absolute Gasteiger partial charge is 0.306 e. The summed E-state index contributed by atoms with van der Waals surface area (Å²) in [7, 11) is 0. The summed E-state index contributed by atoms with van der Waals surface area (Å²) in [6.45, 7) is 5.11. The van der Waals surface area contributed by atoms with E-state index >= 15 is 0 Å². The second-order valence-electron chi connectivity index (χ2n) is 11.9. The number of hydrogen-bond acceptors (Lipinski definition) is 4. The number of aliphatic hydroxyl groups is 1. The van der Waals surface area contributed by atoms with E-state index in [0.29, 0.717) is 13.0 Å². The fourth-order valence-electron chi connectivity index (χ4n) is 4.68. The number of esters is 1. The largest absolute Gasteiger partial charge is 0.457 e. The molecule has 4 heteroatoms. The van der Waals surface area contributed by atoms with Crippen LogP contribution in [0.5, 0.6) is 0 Å². The first-order valence-electron chi connectivity index (χ1n) is 18.7. The molecule has 1 unspecified atom stereocenters. The van der Waals surface area contributed by atoms with E-state index in [2.05, 4.69) is 98.9 Å². The minimum atomic E-state index is -0.554. The molecule has 262 valence electrons. The van der Waals surface area contributed by atoms with Gasteiger partial charge in [-0.1, -0.05) is 144 Å². The summed E-state index contributed by atoms with van der Waals surface area (Å²) in [5.74, 6) is -0.232. The van der Waals surface area contributed by atoms with Crippen LogP contribution < -0.4 is 0 Å². The average molecular weight is 639 g/mol. The Morgan fingerprint density at radius 3 is 1.50 bits per heavy atom. The molecule has 0 rings (SSSR count). The predicted octanol–water partition coefficient (Wildman–Crippen LogP) is 12.0. The monoisotopic (exact) mass is 639 g/mol. The molecule has 46 heavy (non-hydrogen) atoms. The Kier molecular flexibility index (Phi) is 36.7. The molecule has 0 fully saturated rings. The quantitative estimate of drug-likeness (QED) is 0.0441. The Morgan fingerprint density at radius 1 is 0.543 bits per heavy atom. The molecule has 0 bridgehead atoms. The number of carbonyl (C=O) groups excluding carboxylic acids is 1. The van der Waals surface area contributed by atoms with Crippen LogP contribution >= 0.6 is 0 Å². The highest BCUT2D eigenvalue weighted by atomic mass is 16.6.